The number of carbonyl (C=O) groups excluding carboxylic acids is 3. The lowest BCUT2D eigenvalue weighted by Gasteiger charge is -2.36. The van der Waals surface area contributed by atoms with Crippen LogP contribution in [0.1, 0.15) is 48.4 Å². The van der Waals surface area contributed by atoms with E-state index in [1.807, 2.05) is 0 Å². The zero-order valence-corrected chi connectivity index (χ0v) is 20.4. The molecule has 2 amide bonds. The van der Waals surface area contributed by atoms with Crippen molar-refractivity contribution in [2.45, 2.75) is 6.04 Å². The van der Waals surface area contributed by atoms with Crippen molar-refractivity contribution in [3.05, 3.63) is 147 Å². The van der Waals surface area contributed by atoms with Crippen LogP contribution in [0.4, 0.5) is 5.69 Å². The van der Waals surface area contributed by atoms with E-state index < -0.39 is 28.7 Å². The Morgan fingerprint density at radius 1 is 0.744 bits per heavy atom. The molecule has 0 saturated heterocycles. The third kappa shape index (κ3) is 3.84. The van der Waals surface area contributed by atoms with Gasteiger partial charge < -0.3 is 0 Å². The normalized spacial score (nSPS) is 14.5. The maximum Gasteiger partial charge on any atom is 0.275 e. The summed E-state index contributed by atoms with van der Waals surface area (Å²) in [5.41, 5.74) is 3.99. The fourth-order valence-electron chi connectivity index (χ4n) is 5.10. The van der Waals surface area contributed by atoms with Crippen LogP contribution >= 0.6 is 0 Å². The third-order valence-electron chi connectivity index (χ3n) is 6.77. The Morgan fingerprint density at radius 3 is 1.97 bits per heavy atom. The molecule has 4 aromatic carbocycles. The number of carbonyl (C=O) groups is 3. The lowest BCUT2D eigenvalue weighted by Crippen LogP contribution is -2.53. The minimum atomic E-state index is -1.19. The Kier molecular flexibility index (Phi) is 5.73. The molecule has 1 aliphatic rings. The van der Waals surface area contributed by atoms with Crippen molar-refractivity contribution in [3.63, 3.8) is 0 Å². The van der Waals surface area contributed by atoms with Crippen molar-refractivity contribution < 1.29 is 19.3 Å². The number of nitro benzene ring substituents is 1. The molecule has 9 heteroatoms. The molecular formula is C30H20N4O5. The smallest absolute Gasteiger partial charge is 0.275 e. The quantitative estimate of drug-likeness (QED) is 0.263. The molecule has 1 atom stereocenters. The lowest BCUT2D eigenvalue weighted by molar-refractivity contribution is -0.385. The standard InChI is InChI=1S/C30H20N4O5/c35-28-25-21-15-7-9-17-23(21)32(29(36)19-11-3-1-4-12-19)27(25)26(22-16-8-10-18-24(22)34(38)39)33(31-28)30(37)20-13-5-2-6-14-20/h1-18,26H,(H,31,35)/t26-/m1/s1. The number of hydrogen-bond acceptors (Lipinski definition) is 5. The summed E-state index contributed by atoms with van der Waals surface area (Å²) in [6, 6.07) is 28.6. The number of amides is 2. The molecule has 6 rings (SSSR count). The molecule has 5 aromatic rings. The molecule has 1 aliphatic heterocycles. The average Bonchev–Trinajstić information content (AvgIpc) is 3.33. The van der Waals surface area contributed by atoms with E-state index in [4.69, 9.17) is 0 Å². The molecule has 2 heterocycles. The Hall–Kier alpha value is -5.57. The average molecular weight is 517 g/mol. The van der Waals surface area contributed by atoms with Gasteiger partial charge in [0.05, 0.1) is 27.3 Å². The maximum atomic E-state index is 14.0. The van der Waals surface area contributed by atoms with Crippen LogP contribution in [0.5, 0.6) is 0 Å². The van der Waals surface area contributed by atoms with Crippen LogP contribution < -0.4 is 5.43 Å². The third-order valence-corrected chi connectivity index (χ3v) is 6.77. The first kappa shape index (κ1) is 23.8. The molecule has 0 unspecified atom stereocenters. The molecule has 190 valence electrons. The summed E-state index contributed by atoms with van der Waals surface area (Å²) in [5, 5.41) is 13.7. The van der Waals surface area contributed by atoms with Crippen LogP contribution in [0, 0.1) is 10.1 Å². The molecule has 0 saturated carbocycles. The summed E-state index contributed by atoms with van der Waals surface area (Å²) in [7, 11) is 0. The number of benzene rings is 4. The van der Waals surface area contributed by atoms with E-state index in [2.05, 4.69) is 5.43 Å². The first-order chi connectivity index (χ1) is 19.0. The summed E-state index contributed by atoms with van der Waals surface area (Å²) in [6.45, 7) is 0. The van der Waals surface area contributed by atoms with E-state index in [-0.39, 0.29) is 28.1 Å². The van der Waals surface area contributed by atoms with Gasteiger partial charge in [0, 0.05) is 22.6 Å². The van der Waals surface area contributed by atoms with E-state index in [1.165, 1.54) is 22.8 Å². The lowest BCUT2D eigenvalue weighted by atomic mass is 9.94. The largest absolute Gasteiger partial charge is 0.277 e. The molecule has 9 nitrogen and oxygen atoms in total. The zero-order valence-electron chi connectivity index (χ0n) is 20.4. The molecule has 0 fully saturated rings. The van der Waals surface area contributed by atoms with Crippen LogP contribution in [0.25, 0.3) is 10.9 Å². The van der Waals surface area contributed by atoms with Gasteiger partial charge in [0.2, 0.25) is 0 Å². The van der Waals surface area contributed by atoms with E-state index in [9.17, 15) is 24.5 Å². The van der Waals surface area contributed by atoms with Gasteiger partial charge in [-0.2, -0.15) is 0 Å². The van der Waals surface area contributed by atoms with Crippen LogP contribution in [0.3, 0.4) is 0 Å². The molecule has 0 aliphatic carbocycles. The van der Waals surface area contributed by atoms with Gasteiger partial charge in [-0.05, 0) is 36.4 Å². The number of aromatic nitrogens is 1. The summed E-state index contributed by atoms with van der Waals surface area (Å²) in [6.07, 6.45) is 0. The van der Waals surface area contributed by atoms with Crippen LogP contribution in [0.15, 0.2) is 109 Å². The minimum Gasteiger partial charge on any atom is -0.277 e. The van der Waals surface area contributed by atoms with Crippen LogP contribution in [-0.4, -0.2) is 32.2 Å². The second-order valence-electron chi connectivity index (χ2n) is 8.98. The predicted octanol–water partition coefficient (Wildman–Crippen LogP) is 5.13. The van der Waals surface area contributed by atoms with Gasteiger partial charge in [-0.25, -0.2) is 5.01 Å². The molecule has 0 bridgehead atoms. The van der Waals surface area contributed by atoms with E-state index in [0.29, 0.717) is 16.5 Å². The van der Waals surface area contributed by atoms with Gasteiger partial charge in [-0.1, -0.05) is 66.7 Å². The fraction of sp³-hybridized carbons (Fsp3) is 0.0333. The number of nitrogens with zero attached hydrogens (tertiary/aromatic N) is 3. The Labute approximate surface area is 222 Å². The van der Waals surface area contributed by atoms with E-state index >= 15 is 0 Å². The van der Waals surface area contributed by atoms with E-state index in [1.54, 1.807) is 91.0 Å². The highest BCUT2D eigenvalue weighted by Crippen LogP contribution is 2.42. The number of rotatable bonds is 4. The second-order valence-corrected chi connectivity index (χ2v) is 8.98. The molecule has 1 N–H and O–H groups in total. The van der Waals surface area contributed by atoms with Gasteiger partial charge in [0.15, 0.2) is 0 Å². The van der Waals surface area contributed by atoms with Crippen molar-refractivity contribution in [1.29, 1.82) is 0 Å². The highest BCUT2D eigenvalue weighted by molar-refractivity contribution is 6.15. The molecular weight excluding hydrogens is 496 g/mol. The zero-order chi connectivity index (χ0) is 27.1. The first-order valence-corrected chi connectivity index (χ1v) is 12.1. The number of nitrogens with one attached hydrogen (secondary N) is 1. The Balaban J connectivity index is 1.70. The van der Waals surface area contributed by atoms with Crippen molar-refractivity contribution in [2.24, 2.45) is 0 Å². The van der Waals surface area contributed by atoms with Gasteiger partial charge in [0.1, 0.15) is 6.04 Å². The van der Waals surface area contributed by atoms with Gasteiger partial charge >= 0.3 is 0 Å². The number of hydrazine groups is 1. The van der Waals surface area contributed by atoms with Crippen molar-refractivity contribution >= 4 is 34.3 Å². The Morgan fingerprint density at radius 2 is 1.31 bits per heavy atom. The summed E-state index contributed by atoms with van der Waals surface area (Å²) in [5.74, 6) is -1.61. The fourth-order valence-corrected chi connectivity index (χ4v) is 5.10. The van der Waals surface area contributed by atoms with Gasteiger partial charge in [-0.3, -0.25) is 34.5 Å². The van der Waals surface area contributed by atoms with Gasteiger partial charge in [0.25, 0.3) is 23.4 Å². The SMILES string of the molecule is O=C1NN(C(=O)c2ccccc2)[C@H](c2ccccc2[N+](=O)[O-])c2c1c1ccccc1n2C(=O)c1ccccc1. The topological polar surface area (TPSA) is 115 Å². The highest BCUT2D eigenvalue weighted by atomic mass is 16.6. The number of nitro groups is 1. The summed E-state index contributed by atoms with van der Waals surface area (Å²) in [4.78, 5) is 53.1. The number of hydrogen-bond donors (Lipinski definition) is 1. The van der Waals surface area contributed by atoms with Crippen LogP contribution in [0.2, 0.25) is 0 Å². The van der Waals surface area contributed by atoms with Crippen molar-refractivity contribution in [2.75, 3.05) is 0 Å². The second kappa shape index (κ2) is 9.38. The van der Waals surface area contributed by atoms with Crippen molar-refractivity contribution in [3.8, 4) is 0 Å². The first-order valence-electron chi connectivity index (χ1n) is 12.1. The van der Waals surface area contributed by atoms with Gasteiger partial charge in [-0.15, -0.1) is 0 Å². The number of para-hydroxylation sites is 2. The predicted molar refractivity (Wildman–Crippen MR) is 143 cm³/mol. The summed E-state index contributed by atoms with van der Waals surface area (Å²) >= 11 is 0. The molecule has 39 heavy (non-hydrogen) atoms. The molecule has 0 radical (unpaired) electrons. The van der Waals surface area contributed by atoms with E-state index in [0.717, 1.165) is 5.01 Å². The maximum absolute atomic E-state index is 14.0. The number of fused-ring (bicyclic) bond motifs is 3. The highest BCUT2D eigenvalue weighted by Gasteiger charge is 2.44. The molecule has 0 spiro atoms. The van der Waals surface area contributed by atoms with Crippen LogP contribution in [-0.2, 0) is 0 Å². The molecule has 1 aromatic heterocycles. The Bertz CT molecular complexity index is 1780. The summed E-state index contributed by atoms with van der Waals surface area (Å²) < 4.78 is 1.39. The van der Waals surface area contributed by atoms with Crippen molar-refractivity contribution in [1.82, 2.24) is 15.0 Å². The minimum absolute atomic E-state index is 0.151. The monoisotopic (exact) mass is 516 g/mol.